The third kappa shape index (κ3) is 3.18. The topological polar surface area (TPSA) is 46.1 Å². The normalized spacial score (nSPS) is 14.0. The molecule has 0 saturated heterocycles. The second kappa shape index (κ2) is 6.93. The van der Waals surface area contributed by atoms with Crippen molar-refractivity contribution in [2.45, 2.75) is 44.7 Å². The van der Waals surface area contributed by atoms with Crippen LogP contribution in [0.4, 0.5) is 0 Å². The first kappa shape index (κ1) is 17.0. The fourth-order valence-electron chi connectivity index (χ4n) is 3.05. The summed E-state index contributed by atoms with van der Waals surface area (Å²) in [5.74, 6) is 1.10. The van der Waals surface area contributed by atoms with Gasteiger partial charge in [0.2, 0.25) is 0 Å². The van der Waals surface area contributed by atoms with Crippen molar-refractivity contribution in [1.29, 1.82) is 0 Å². The first-order valence-corrected chi connectivity index (χ1v) is 9.52. The van der Waals surface area contributed by atoms with Crippen molar-refractivity contribution in [3.05, 3.63) is 52.5 Å². The first-order chi connectivity index (χ1) is 11.5. The highest BCUT2D eigenvalue weighted by Gasteiger charge is 2.26. The Balaban J connectivity index is 1.93. The molecular weight excluding hydrogens is 318 g/mol. The Morgan fingerprint density at radius 3 is 2.58 bits per heavy atom. The molecule has 3 rings (SSSR count). The number of fused-ring (bicyclic) bond motifs is 1. The fourth-order valence-corrected chi connectivity index (χ4v) is 3.67. The van der Waals surface area contributed by atoms with Crippen LogP contribution in [0.25, 0.3) is 0 Å². The molecule has 5 heteroatoms. The largest absolute Gasteiger partial charge is 0.334 e. The number of thioether (sulfide) groups is 1. The lowest BCUT2D eigenvalue weighted by atomic mass is 9.99. The second-order valence-electron chi connectivity index (χ2n) is 6.45. The lowest BCUT2D eigenvalue weighted by Crippen LogP contribution is -2.37. The third-order valence-electron chi connectivity index (χ3n) is 4.42. The molecule has 0 N–H and O–H groups in total. The van der Waals surface area contributed by atoms with E-state index in [4.69, 9.17) is 0 Å². The summed E-state index contributed by atoms with van der Waals surface area (Å²) in [5.41, 5.74) is 4.02. The summed E-state index contributed by atoms with van der Waals surface area (Å²) in [6.07, 6.45) is 2.87. The van der Waals surface area contributed by atoms with Gasteiger partial charge < -0.3 is 4.90 Å². The zero-order chi connectivity index (χ0) is 17.3. The Kier molecular flexibility index (Phi) is 4.90. The number of hydrogen-bond acceptors (Lipinski definition) is 4. The Bertz CT molecular complexity index is 773. The summed E-state index contributed by atoms with van der Waals surface area (Å²) >= 11 is 1.52. The molecule has 2 heterocycles. The number of nitrogens with zero attached hydrogens (tertiary/aromatic N) is 3. The van der Waals surface area contributed by atoms with Gasteiger partial charge in [-0.25, -0.2) is 9.97 Å². The van der Waals surface area contributed by atoms with Crippen molar-refractivity contribution in [2.75, 3.05) is 12.8 Å². The molecule has 0 radical (unpaired) electrons. The van der Waals surface area contributed by atoms with Crippen molar-refractivity contribution >= 4 is 17.7 Å². The zero-order valence-corrected chi connectivity index (χ0v) is 15.5. The molecule has 0 fully saturated rings. The fraction of sp³-hybridized carbons (Fsp3) is 0.421. The predicted octanol–water partition coefficient (Wildman–Crippen LogP) is 3.83. The van der Waals surface area contributed by atoms with Crippen LogP contribution in [-0.4, -0.2) is 33.6 Å². The Morgan fingerprint density at radius 2 is 1.92 bits per heavy atom. The number of amides is 1. The highest BCUT2D eigenvalue weighted by atomic mass is 32.2. The summed E-state index contributed by atoms with van der Waals surface area (Å²) in [4.78, 5) is 24.2. The first-order valence-electron chi connectivity index (χ1n) is 8.29. The van der Waals surface area contributed by atoms with Gasteiger partial charge in [0.1, 0.15) is 10.9 Å². The van der Waals surface area contributed by atoms with E-state index in [0.29, 0.717) is 12.1 Å². The third-order valence-corrected chi connectivity index (χ3v) is 5.10. The molecule has 1 aliphatic heterocycles. The Labute approximate surface area is 147 Å². The number of carbonyl (C=O) groups excluding carboxylic acids is 1. The number of benzene rings is 1. The van der Waals surface area contributed by atoms with Crippen molar-refractivity contribution in [3.63, 3.8) is 0 Å². The summed E-state index contributed by atoms with van der Waals surface area (Å²) < 4.78 is 0. The average molecular weight is 341 g/mol. The lowest BCUT2D eigenvalue weighted by Gasteiger charge is -2.29. The second-order valence-corrected chi connectivity index (χ2v) is 7.25. The zero-order valence-electron chi connectivity index (χ0n) is 14.7. The van der Waals surface area contributed by atoms with Gasteiger partial charge in [0.25, 0.3) is 5.91 Å². The van der Waals surface area contributed by atoms with Crippen LogP contribution >= 0.6 is 11.8 Å². The minimum absolute atomic E-state index is 0.0432. The van der Waals surface area contributed by atoms with Crippen molar-refractivity contribution in [1.82, 2.24) is 14.9 Å². The van der Waals surface area contributed by atoms with Crippen LogP contribution in [0.3, 0.4) is 0 Å². The van der Waals surface area contributed by atoms with E-state index in [0.717, 1.165) is 29.5 Å². The highest BCUT2D eigenvalue weighted by Crippen LogP contribution is 2.27. The van der Waals surface area contributed by atoms with Crippen LogP contribution in [0.1, 0.15) is 52.8 Å². The van der Waals surface area contributed by atoms with E-state index in [-0.39, 0.29) is 11.8 Å². The maximum absolute atomic E-state index is 13.1. The lowest BCUT2D eigenvalue weighted by molar-refractivity contribution is 0.0728. The van der Waals surface area contributed by atoms with E-state index in [1.54, 1.807) is 0 Å². The van der Waals surface area contributed by atoms with Gasteiger partial charge in [0.15, 0.2) is 0 Å². The number of carbonyl (C=O) groups is 1. The molecule has 0 bridgehead atoms. The van der Waals surface area contributed by atoms with E-state index < -0.39 is 0 Å². The van der Waals surface area contributed by atoms with Crippen LogP contribution in [0.15, 0.2) is 29.3 Å². The summed E-state index contributed by atoms with van der Waals surface area (Å²) in [5, 5.41) is 0.787. The van der Waals surface area contributed by atoms with Crippen molar-refractivity contribution < 1.29 is 4.79 Å². The van der Waals surface area contributed by atoms with Gasteiger partial charge in [-0.2, -0.15) is 0 Å². The molecule has 0 spiro atoms. The van der Waals surface area contributed by atoms with E-state index >= 15 is 0 Å². The SMILES string of the molecule is CSc1nc(C(C)C)nc(C)c1C(=O)N1CCc2ccccc2C1. The van der Waals surface area contributed by atoms with Gasteiger partial charge in [-0.05, 0) is 30.7 Å². The smallest absolute Gasteiger partial charge is 0.258 e. The number of hydrogen-bond donors (Lipinski definition) is 0. The van der Waals surface area contributed by atoms with Crippen LogP contribution < -0.4 is 0 Å². The van der Waals surface area contributed by atoms with Gasteiger partial charge in [0, 0.05) is 19.0 Å². The van der Waals surface area contributed by atoms with E-state index in [1.165, 1.54) is 22.9 Å². The van der Waals surface area contributed by atoms with Crippen molar-refractivity contribution in [3.8, 4) is 0 Å². The average Bonchev–Trinajstić information content (AvgIpc) is 2.59. The van der Waals surface area contributed by atoms with Crippen LogP contribution in [-0.2, 0) is 13.0 Å². The van der Waals surface area contributed by atoms with E-state index in [2.05, 4.69) is 42.0 Å². The van der Waals surface area contributed by atoms with Gasteiger partial charge >= 0.3 is 0 Å². The minimum Gasteiger partial charge on any atom is -0.334 e. The summed E-state index contributed by atoms with van der Waals surface area (Å²) in [6.45, 7) is 7.46. The molecule has 1 aromatic heterocycles. The molecule has 1 amide bonds. The quantitative estimate of drug-likeness (QED) is 0.629. The molecule has 4 nitrogen and oxygen atoms in total. The monoisotopic (exact) mass is 341 g/mol. The predicted molar refractivity (Wildman–Crippen MR) is 97.5 cm³/mol. The van der Waals surface area contributed by atoms with Crippen LogP contribution in [0.2, 0.25) is 0 Å². The van der Waals surface area contributed by atoms with Crippen LogP contribution in [0, 0.1) is 6.92 Å². The molecule has 0 unspecified atom stereocenters. The summed E-state index contributed by atoms with van der Waals surface area (Å²) in [7, 11) is 0. The van der Waals surface area contributed by atoms with E-state index in [1.807, 2.05) is 24.1 Å². The van der Waals surface area contributed by atoms with Gasteiger partial charge in [0.05, 0.1) is 11.3 Å². The Morgan fingerprint density at radius 1 is 1.21 bits per heavy atom. The minimum atomic E-state index is 0.0432. The Hall–Kier alpha value is -1.88. The number of rotatable bonds is 3. The standard InChI is InChI=1S/C19H23N3OS/c1-12(2)17-20-13(3)16(18(21-17)24-4)19(23)22-10-9-14-7-5-6-8-15(14)11-22/h5-8,12H,9-11H2,1-4H3. The van der Waals surface area contributed by atoms with Gasteiger partial charge in [-0.3, -0.25) is 4.79 Å². The summed E-state index contributed by atoms with van der Waals surface area (Å²) in [6, 6.07) is 8.35. The number of aryl methyl sites for hydroxylation is 1. The van der Waals surface area contributed by atoms with Crippen molar-refractivity contribution in [2.24, 2.45) is 0 Å². The highest BCUT2D eigenvalue weighted by molar-refractivity contribution is 7.98. The van der Waals surface area contributed by atoms with E-state index in [9.17, 15) is 4.79 Å². The molecule has 0 aliphatic carbocycles. The molecule has 24 heavy (non-hydrogen) atoms. The maximum Gasteiger partial charge on any atom is 0.258 e. The molecule has 1 aliphatic rings. The molecule has 0 atom stereocenters. The molecule has 0 saturated carbocycles. The molecule has 1 aromatic carbocycles. The molecular formula is C19H23N3OS. The molecule has 2 aromatic rings. The van der Waals surface area contributed by atoms with Gasteiger partial charge in [-0.15, -0.1) is 11.8 Å². The maximum atomic E-state index is 13.1. The van der Waals surface area contributed by atoms with Crippen LogP contribution in [0.5, 0.6) is 0 Å². The van der Waals surface area contributed by atoms with Gasteiger partial charge in [-0.1, -0.05) is 38.1 Å². The number of aromatic nitrogens is 2. The molecule has 126 valence electrons.